The minimum absolute atomic E-state index is 0.110. The Bertz CT molecular complexity index is 762. The van der Waals surface area contributed by atoms with Crippen molar-refractivity contribution in [2.24, 2.45) is 5.92 Å². The number of nitrogens with zero attached hydrogens (tertiary/aromatic N) is 4. The SMILES string of the molecule is CCOCC1CN(C(=O)c2cc(C)on2)Cc2ncn(CC3CC3)c21. The first-order valence-electron chi connectivity index (χ1n) is 9.00. The molecule has 134 valence electrons. The van der Waals surface area contributed by atoms with Crippen molar-refractivity contribution in [3.63, 3.8) is 0 Å². The maximum atomic E-state index is 12.8. The summed E-state index contributed by atoms with van der Waals surface area (Å²) < 4.78 is 13.0. The van der Waals surface area contributed by atoms with E-state index < -0.39 is 0 Å². The molecule has 2 aromatic rings. The molecule has 0 aromatic carbocycles. The molecule has 2 aliphatic rings. The first-order valence-corrected chi connectivity index (χ1v) is 9.00. The summed E-state index contributed by atoms with van der Waals surface area (Å²) in [6.07, 6.45) is 4.54. The number of fused-ring (bicyclic) bond motifs is 1. The van der Waals surface area contributed by atoms with Gasteiger partial charge in [-0.3, -0.25) is 4.79 Å². The second kappa shape index (κ2) is 6.63. The Hall–Kier alpha value is -2.15. The average molecular weight is 344 g/mol. The van der Waals surface area contributed by atoms with E-state index in [1.54, 1.807) is 17.9 Å². The van der Waals surface area contributed by atoms with Gasteiger partial charge in [0.1, 0.15) is 5.76 Å². The van der Waals surface area contributed by atoms with Crippen LogP contribution in [0.1, 0.15) is 53.3 Å². The van der Waals surface area contributed by atoms with Crippen LogP contribution in [0.4, 0.5) is 0 Å². The van der Waals surface area contributed by atoms with E-state index in [1.807, 2.05) is 13.3 Å². The van der Waals surface area contributed by atoms with E-state index in [1.165, 1.54) is 18.5 Å². The van der Waals surface area contributed by atoms with E-state index in [2.05, 4.69) is 14.7 Å². The highest BCUT2D eigenvalue weighted by molar-refractivity contribution is 5.92. The minimum atomic E-state index is -0.110. The molecule has 25 heavy (non-hydrogen) atoms. The lowest BCUT2D eigenvalue weighted by molar-refractivity contribution is 0.0634. The smallest absolute Gasteiger partial charge is 0.276 e. The quantitative estimate of drug-likeness (QED) is 0.804. The van der Waals surface area contributed by atoms with Crippen LogP contribution in [0.2, 0.25) is 0 Å². The number of amides is 1. The summed E-state index contributed by atoms with van der Waals surface area (Å²) in [5.74, 6) is 1.45. The highest BCUT2D eigenvalue weighted by Crippen LogP contribution is 2.34. The van der Waals surface area contributed by atoms with Crippen molar-refractivity contribution in [3.05, 3.63) is 35.2 Å². The molecule has 0 bridgehead atoms. The summed E-state index contributed by atoms with van der Waals surface area (Å²) in [4.78, 5) is 19.2. The molecule has 1 unspecified atom stereocenters. The summed E-state index contributed by atoms with van der Waals surface area (Å²) in [5, 5.41) is 3.86. The molecular formula is C18H24N4O3. The van der Waals surface area contributed by atoms with Gasteiger partial charge in [0.2, 0.25) is 0 Å². The van der Waals surface area contributed by atoms with Gasteiger partial charge in [0.05, 0.1) is 25.2 Å². The van der Waals surface area contributed by atoms with Crippen molar-refractivity contribution in [3.8, 4) is 0 Å². The molecule has 4 rings (SSSR count). The Morgan fingerprint density at radius 1 is 1.44 bits per heavy atom. The van der Waals surface area contributed by atoms with Gasteiger partial charge in [-0.15, -0.1) is 0 Å². The third-order valence-corrected chi connectivity index (χ3v) is 4.94. The Morgan fingerprint density at radius 2 is 2.28 bits per heavy atom. The molecule has 1 atom stereocenters. The molecule has 7 nitrogen and oxygen atoms in total. The number of carbonyl (C=O) groups is 1. The largest absolute Gasteiger partial charge is 0.381 e. The van der Waals surface area contributed by atoms with Crippen LogP contribution < -0.4 is 0 Å². The lowest BCUT2D eigenvalue weighted by Crippen LogP contribution is -2.40. The molecule has 1 amide bonds. The summed E-state index contributed by atoms with van der Waals surface area (Å²) in [7, 11) is 0. The standard InChI is InChI=1S/C18H24N4O3/c1-3-24-10-14-8-21(18(23)15-6-12(2)25-20-15)9-16-17(14)22(11-19-16)7-13-4-5-13/h6,11,13-14H,3-5,7-10H2,1-2H3. The Kier molecular flexibility index (Phi) is 4.33. The number of aromatic nitrogens is 3. The number of hydrogen-bond acceptors (Lipinski definition) is 5. The minimum Gasteiger partial charge on any atom is -0.381 e. The fourth-order valence-corrected chi connectivity index (χ4v) is 3.52. The fraction of sp³-hybridized carbons (Fsp3) is 0.611. The van der Waals surface area contributed by atoms with Crippen LogP contribution in [-0.2, 0) is 17.8 Å². The predicted octanol–water partition coefficient (Wildman–Crippen LogP) is 2.37. The highest BCUT2D eigenvalue weighted by Gasteiger charge is 2.34. The highest BCUT2D eigenvalue weighted by atomic mass is 16.5. The van der Waals surface area contributed by atoms with Crippen LogP contribution in [-0.4, -0.2) is 45.3 Å². The molecule has 1 fully saturated rings. The molecule has 7 heteroatoms. The van der Waals surface area contributed by atoms with E-state index in [-0.39, 0.29) is 11.8 Å². The number of hydrogen-bond donors (Lipinski definition) is 0. The Balaban J connectivity index is 1.58. The molecule has 1 saturated carbocycles. The van der Waals surface area contributed by atoms with Crippen molar-refractivity contribution >= 4 is 5.91 Å². The second-order valence-electron chi connectivity index (χ2n) is 7.04. The van der Waals surface area contributed by atoms with Gasteiger partial charge >= 0.3 is 0 Å². The molecule has 0 radical (unpaired) electrons. The van der Waals surface area contributed by atoms with Crippen LogP contribution in [0.15, 0.2) is 16.9 Å². The first-order chi connectivity index (χ1) is 12.2. The summed E-state index contributed by atoms with van der Waals surface area (Å²) >= 11 is 0. The molecule has 0 spiro atoms. The number of ether oxygens (including phenoxy) is 1. The van der Waals surface area contributed by atoms with Crippen LogP contribution in [0.3, 0.4) is 0 Å². The van der Waals surface area contributed by atoms with E-state index in [0.717, 1.165) is 18.2 Å². The van der Waals surface area contributed by atoms with Gasteiger partial charge in [0.25, 0.3) is 5.91 Å². The fourth-order valence-electron chi connectivity index (χ4n) is 3.52. The number of rotatable bonds is 6. The number of imidazole rings is 1. The maximum Gasteiger partial charge on any atom is 0.276 e. The van der Waals surface area contributed by atoms with Gasteiger partial charge in [-0.1, -0.05) is 5.16 Å². The van der Waals surface area contributed by atoms with Gasteiger partial charge in [-0.05, 0) is 32.6 Å². The topological polar surface area (TPSA) is 73.4 Å². The van der Waals surface area contributed by atoms with Gasteiger partial charge < -0.3 is 18.7 Å². The molecule has 3 heterocycles. The van der Waals surface area contributed by atoms with Crippen molar-refractivity contribution in [1.29, 1.82) is 0 Å². The average Bonchev–Trinajstić information content (AvgIpc) is 3.17. The second-order valence-corrected chi connectivity index (χ2v) is 7.04. The van der Waals surface area contributed by atoms with Crippen LogP contribution in [0, 0.1) is 12.8 Å². The van der Waals surface area contributed by atoms with Gasteiger partial charge in [0.15, 0.2) is 5.69 Å². The molecule has 2 aromatic heterocycles. The number of carbonyl (C=O) groups excluding carboxylic acids is 1. The zero-order valence-corrected chi connectivity index (χ0v) is 14.8. The molecule has 0 N–H and O–H groups in total. The van der Waals surface area contributed by atoms with Gasteiger partial charge in [-0.25, -0.2) is 4.98 Å². The summed E-state index contributed by atoms with van der Waals surface area (Å²) in [5.41, 5.74) is 2.57. The van der Waals surface area contributed by atoms with Crippen molar-refractivity contribution < 1.29 is 14.1 Å². The zero-order chi connectivity index (χ0) is 17.4. The van der Waals surface area contributed by atoms with E-state index in [9.17, 15) is 4.79 Å². The lowest BCUT2D eigenvalue weighted by atomic mass is 9.98. The van der Waals surface area contributed by atoms with Gasteiger partial charge in [-0.2, -0.15) is 0 Å². The Morgan fingerprint density at radius 3 is 2.96 bits per heavy atom. The summed E-state index contributed by atoms with van der Waals surface area (Å²) in [6, 6.07) is 1.68. The zero-order valence-electron chi connectivity index (χ0n) is 14.8. The molecule has 1 aliphatic carbocycles. The monoisotopic (exact) mass is 344 g/mol. The third kappa shape index (κ3) is 3.33. The van der Waals surface area contributed by atoms with E-state index >= 15 is 0 Å². The van der Waals surface area contributed by atoms with Crippen molar-refractivity contribution in [2.45, 2.75) is 45.7 Å². The maximum absolute atomic E-state index is 12.8. The van der Waals surface area contributed by atoms with Crippen molar-refractivity contribution in [1.82, 2.24) is 19.6 Å². The Labute approximate surface area is 146 Å². The lowest BCUT2D eigenvalue weighted by Gasteiger charge is -2.32. The first kappa shape index (κ1) is 16.3. The van der Waals surface area contributed by atoms with Crippen LogP contribution in [0.25, 0.3) is 0 Å². The predicted molar refractivity (Wildman–Crippen MR) is 90.2 cm³/mol. The normalized spacial score (nSPS) is 19.9. The number of aryl methyl sites for hydroxylation is 1. The van der Waals surface area contributed by atoms with E-state index in [4.69, 9.17) is 9.26 Å². The van der Waals surface area contributed by atoms with Gasteiger partial charge in [0, 0.05) is 37.4 Å². The molecular weight excluding hydrogens is 320 g/mol. The molecule has 0 saturated heterocycles. The van der Waals surface area contributed by atoms with E-state index in [0.29, 0.717) is 37.8 Å². The summed E-state index contributed by atoms with van der Waals surface area (Å²) in [6.45, 7) is 7.21. The molecule has 1 aliphatic heterocycles. The third-order valence-electron chi connectivity index (χ3n) is 4.94. The van der Waals surface area contributed by atoms with Crippen molar-refractivity contribution in [2.75, 3.05) is 19.8 Å². The van der Waals surface area contributed by atoms with Crippen LogP contribution >= 0.6 is 0 Å². The van der Waals surface area contributed by atoms with Crippen LogP contribution in [0.5, 0.6) is 0 Å².